The summed E-state index contributed by atoms with van der Waals surface area (Å²) in [6.45, 7) is 3.50. The van der Waals surface area contributed by atoms with E-state index in [1.165, 1.54) is 25.3 Å². The maximum atomic E-state index is 13.1. The molecule has 0 radical (unpaired) electrons. The Labute approximate surface area is 112 Å². The third kappa shape index (κ3) is 3.77. The first-order valence-corrected chi connectivity index (χ1v) is 6.09. The molecular formula is C14H18FNO3. The van der Waals surface area contributed by atoms with Gasteiger partial charge in [0.15, 0.2) is 0 Å². The molecule has 0 saturated heterocycles. The number of hydrogen-bond acceptors (Lipinski definition) is 3. The quantitative estimate of drug-likeness (QED) is 0.833. The van der Waals surface area contributed by atoms with Crippen LogP contribution in [0.1, 0.15) is 37.0 Å². The Hall–Kier alpha value is -1.91. The average Bonchev–Trinajstić information content (AvgIpc) is 2.37. The van der Waals surface area contributed by atoms with Gasteiger partial charge in [0, 0.05) is 5.56 Å². The van der Waals surface area contributed by atoms with Crippen LogP contribution in [0.3, 0.4) is 0 Å². The number of methoxy groups -OCH3 is 1. The van der Waals surface area contributed by atoms with Gasteiger partial charge in [-0.05, 0) is 31.5 Å². The van der Waals surface area contributed by atoms with E-state index in [0.29, 0.717) is 12.8 Å². The van der Waals surface area contributed by atoms with Crippen LogP contribution in [0.5, 0.6) is 0 Å². The maximum Gasteiger partial charge on any atom is 0.331 e. The maximum absolute atomic E-state index is 13.1. The van der Waals surface area contributed by atoms with Crippen LogP contribution in [0.15, 0.2) is 24.3 Å². The fourth-order valence-electron chi connectivity index (χ4n) is 1.89. The molecule has 0 heterocycles. The first kappa shape index (κ1) is 15.1. The van der Waals surface area contributed by atoms with Crippen molar-refractivity contribution in [2.24, 2.45) is 0 Å². The molecule has 1 aromatic carbocycles. The topological polar surface area (TPSA) is 55.4 Å². The van der Waals surface area contributed by atoms with E-state index < -0.39 is 23.2 Å². The highest BCUT2D eigenvalue weighted by Gasteiger charge is 2.35. The molecule has 0 aromatic heterocycles. The number of carbonyl (C=O) groups excluding carboxylic acids is 2. The molecule has 0 aliphatic carbocycles. The van der Waals surface area contributed by atoms with Gasteiger partial charge in [-0.2, -0.15) is 0 Å². The Morgan fingerprint density at radius 2 is 2.11 bits per heavy atom. The predicted molar refractivity (Wildman–Crippen MR) is 69.2 cm³/mol. The highest BCUT2D eigenvalue weighted by Crippen LogP contribution is 2.16. The largest absolute Gasteiger partial charge is 0.467 e. The van der Waals surface area contributed by atoms with Gasteiger partial charge in [0.2, 0.25) is 0 Å². The summed E-state index contributed by atoms with van der Waals surface area (Å²) in [6.07, 6.45) is 1.15. The SMILES string of the molecule is CCCC(C)(NC(=O)c1cccc(F)c1)C(=O)OC. The number of esters is 1. The minimum Gasteiger partial charge on any atom is -0.467 e. The van der Waals surface area contributed by atoms with Gasteiger partial charge in [-0.15, -0.1) is 0 Å². The summed E-state index contributed by atoms with van der Waals surface area (Å²) in [5.74, 6) is -1.51. The monoisotopic (exact) mass is 267 g/mol. The molecule has 104 valence electrons. The van der Waals surface area contributed by atoms with Crippen molar-refractivity contribution >= 4 is 11.9 Å². The van der Waals surface area contributed by atoms with Crippen molar-refractivity contribution in [3.8, 4) is 0 Å². The molecule has 1 N–H and O–H groups in total. The van der Waals surface area contributed by atoms with E-state index in [4.69, 9.17) is 4.74 Å². The van der Waals surface area contributed by atoms with Gasteiger partial charge < -0.3 is 10.1 Å². The molecule has 19 heavy (non-hydrogen) atoms. The summed E-state index contributed by atoms with van der Waals surface area (Å²) < 4.78 is 17.8. The second kappa shape index (κ2) is 6.31. The Balaban J connectivity index is 2.91. The van der Waals surface area contributed by atoms with Crippen LogP contribution in [0.4, 0.5) is 4.39 Å². The predicted octanol–water partition coefficient (Wildman–Crippen LogP) is 2.29. The van der Waals surface area contributed by atoms with Crippen LogP contribution in [-0.2, 0) is 9.53 Å². The number of ether oxygens (including phenoxy) is 1. The minimum absolute atomic E-state index is 0.172. The van der Waals surface area contributed by atoms with Gasteiger partial charge in [-0.1, -0.05) is 19.4 Å². The molecule has 1 rings (SSSR count). The van der Waals surface area contributed by atoms with Crippen LogP contribution in [0.25, 0.3) is 0 Å². The van der Waals surface area contributed by atoms with Gasteiger partial charge in [0.05, 0.1) is 7.11 Å². The van der Waals surface area contributed by atoms with Crippen molar-refractivity contribution in [3.05, 3.63) is 35.6 Å². The molecule has 1 unspecified atom stereocenters. The Bertz CT molecular complexity index is 476. The first-order chi connectivity index (χ1) is 8.92. The number of carbonyl (C=O) groups is 2. The zero-order valence-electron chi connectivity index (χ0n) is 11.3. The van der Waals surface area contributed by atoms with Gasteiger partial charge >= 0.3 is 5.97 Å². The molecule has 5 heteroatoms. The molecule has 0 aliphatic rings. The van der Waals surface area contributed by atoms with E-state index in [0.717, 1.165) is 6.07 Å². The molecule has 4 nitrogen and oxygen atoms in total. The Morgan fingerprint density at radius 1 is 1.42 bits per heavy atom. The number of halogens is 1. The van der Waals surface area contributed by atoms with E-state index in [-0.39, 0.29) is 5.56 Å². The lowest BCUT2D eigenvalue weighted by atomic mass is 9.95. The molecule has 0 aliphatic heterocycles. The lowest BCUT2D eigenvalue weighted by molar-refractivity contribution is -0.147. The van der Waals surface area contributed by atoms with Crippen molar-refractivity contribution in [1.82, 2.24) is 5.32 Å². The zero-order chi connectivity index (χ0) is 14.5. The summed E-state index contributed by atoms with van der Waals surface area (Å²) in [7, 11) is 1.27. The molecule has 0 saturated carbocycles. The van der Waals surface area contributed by atoms with E-state index in [9.17, 15) is 14.0 Å². The molecule has 0 fully saturated rings. The van der Waals surface area contributed by atoms with Gasteiger partial charge in [0.25, 0.3) is 5.91 Å². The smallest absolute Gasteiger partial charge is 0.331 e. The van der Waals surface area contributed by atoms with E-state index in [1.807, 2.05) is 6.92 Å². The van der Waals surface area contributed by atoms with Crippen LogP contribution in [0, 0.1) is 5.82 Å². The lowest BCUT2D eigenvalue weighted by Crippen LogP contribution is -2.52. The van der Waals surface area contributed by atoms with Gasteiger partial charge in [-0.25, -0.2) is 9.18 Å². The van der Waals surface area contributed by atoms with E-state index in [1.54, 1.807) is 6.92 Å². The molecule has 1 aromatic rings. The summed E-state index contributed by atoms with van der Waals surface area (Å²) in [4.78, 5) is 23.8. The van der Waals surface area contributed by atoms with Crippen molar-refractivity contribution in [3.63, 3.8) is 0 Å². The van der Waals surface area contributed by atoms with Gasteiger partial charge in [-0.3, -0.25) is 4.79 Å². The minimum atomic E-state index is -1.10. The van der Waals surface area contributed by atoms with Crippen LogP contribution in [-0.4, -0.2) is 24.5 Å². The van der Waals surface area contributed by atoms with Crippen molar-refractivity contribution in [2.75, 3.05) is 7.11 Å². The van der Waals surface area contributed by atoms with Crippen LogP contribution >= 0.6 is 0 Å². The fraction of sp³-hybridized carbons (Fsp3) is 0.429. The van der Waals surface area contributed by atoms with Crippen LogP contribution < -0.4 is 5.32 Å². The van der Waals surface area contributed by atoms with Crippen LogP contribution in [0.2, 0.25) is 0 Å². The van der Waals surface area contributed by atoms with Crippen molar-refractivity contribution < 1.29 is 18.7 Å². The fourth-order valence-corrected chi connectivity index (χ4v) is 1.89. The number of rotatable bonds is 5. The molecule has 1 amide bonds. The number of nitrogens with one attached hydrogen (secondary N) is 1. The van der Waals surface area contributed by atoms with E-state index >= 15 is 0 Å². The van der Waals surface area contributed by atoms with Crippen molar-refractivity contribution in [1.29, 1.82) is 0 Å². The standard InChI is InChI=1S/C14H18FNO3/c1-4-8-14(2,13(18)19-3)16-12(17)10-6-5-7-11(15)9-10/h5-7,9H,4,8H2,1-3H3,(H,16,17). The molecule has 0 spiro atoms. The second-order valence-corrected chi connectivity index (χ2v) is 4.54. The number of benzene rings is 1. The average molecular weight is 267 g/mol. The van der Waals surface area contributed by atoms with E-state index in [2.05, 4.69) is 5.32 Å². The first-order valence-electron chi connectivity index (χ1n) is 6.09. The zero-order valence-corrected chi connectivity index (χ0v) is 11.3. The lowest BCUT2D eigenvalue weighted by Gasteiger charge is -2.27. The van der Waals surface area contributed by atoms with Crippen molar-refractivity contribution in [2.45, 2.75) is 32.2 Å². The third-order valence-corrected chi connectivity index (χ3v) is 2.86. The summed E-state index contributed by atoms with van der Waals surface area (Å²) in [5, 5.41) is 2.61. The number of hydrogen-bond donors (Lipinski definition) is 1. The summed E-state index contributed by atoms with van der Waals surface area (Å²) in [5.41, 5.74) is -0.932. The second-order valence-electron chi connectivity index (χ2n) is 4.54. The molecular weight excluding hydrogens is 249 g/mol. The normalized spacial score (nSPS) is 13.5. The summed E-state index contributed by atoms with van der Waals surface area (Å²) in [6, 6.07) is 5.31. The van der Waals surface area contributed by atoms with Gasteiger partial charge in [0.1, 0.15) is 11.4 Å². The number of amides is 1. The molecule has 0 bridgehead atoms. The Kier molecular flexibility index (Phi) is 5.03. The highest BCUT2D eigenvalue weighted by atomic mass is 19.1. The summed E-state index contributed by atoms with van der Waals surface area (Å²) >= 11 is 0. The molecule has 1 atom stereocenters. The highest BCUT2D eigenvalue weighted by molar-refractivity contribution is 5.98. The third-order valence-electron chi connectivity index (χ3n) is 2.86. The Morgan fingerprint density at radius 3 is 2.63 bits per heavy atom.